The summed E-state index contributed by atoms with van der Waals surface area (Å²) in [4.78, 5) is 24.2. The molecule has 25 heavy (non-hydrogen) atoms. The van der Waals surface area contributed by atoms with Crippen molar-refractivity contribution in [1.29, 1.82) is 0 Å². The third-order valence-electron chi connectivity index (χ3n) is 3.04. The number of benzene rings is 2. The summed E-state index contributed by atoms with van der Waals surface area (Å²) in [6.45, 7) is 0. The zero-order valence-electron chi connectivity index (χ0n) is 12.5. The van der Waals surface area contributed by atoms with Crippen LogP contribution in [0.4, 0.5) is 10.3 Å². The van der Waals surface area contributed by atoms with Gasteiger partial charge in [0.05, 0.1) is 0 Å². The van der Waals surface area contributed by atoms with Crippen molar-refractivity contribution in [3.63, 3.8) is 0 Å². The first-order valence-electron chi connectivity index (χ1n) is 6.98. The Kier molecular flexibility index (Phi) is 5.28. The van der Waals surface area contributed by atoms with E-state index in [0.717, 1.165) is 11.3 Å². The van der Waals surface area contributed by atoms with Crippen LogP contribution in [0, 0.1) is 0 Å². The standard InChI is InChI=1S/C16H10Cl2N4O2S/c17-11-5-1-3-9(7-11)13(23)19-15-21-22-16(25-15)20-14(24)10-4-2-6-12(18)8-10/h1-8H,(H,19,21,23)(H,20,22,24). The maximum Gasteiger partial charge on any atom is 0.257 e. The number of hydrogen-bond donors (Lipinski definition) is 2. The van der Waals surface area contributed by atoms with Gasteiger partial charge in [0.2, 0.25) is 10.3 Å². The summed E-state index contributed by atoms with van der Waals surface area (Å²) in [7, 11) is 0. The molecule has 0 fully saturated rings. The molecule has 0 bridgehead atoms. The Balaban J connectivity index is 1.66. The summed E-state index contributed by atoms with van der Waals surface area (Å²) in [6.07, 6.45) is 0. The van der Waals surface area contributed by atoms with Crippen molar-refractivity contribution in [2.75, 3.05) is 10.6 Å². The average Bonchev–Trinajstić information content (AvgIpc) is 3.01. The van der Waals surface area contributed by atoms with E-state index in [0.29, 0.717) is 21.2 Å². The molecule has 0 radical (unpaired) electrons. The van der Waals surface area contributed by atoms with Crippen LogP contribution in [-0.2, 0) is 0 Å². The fourth-order valence-electron chi connectivity index (χ4n) is 1.92. The van der Waals surface area contributed by atoms with Crippen molar-refractivity contribution in [2.45, 2.75) is 0 Å². The molecule has 2 amide bonds. The Morgan fingerprint density at radius 2 is 1.24 bits per heavy atom. The quantitative estimate of drug-likeness (QED) is 0.690. The molecule has 0 atom stereocenters. The van der Waals surface area contributed by atoms with Gasteiger partial charge in [-0.15, -0.1) is 10.2 Å². The van der Waals surface area contributed by atoms with Crippen LogP contribution in [0.3, 0.4) is 0 Å². The van der Waals surface area contributed by atoms with Crippen LogP contribution in [0.5, 0.6) is 0 Å². The molecule has 1 aromatic heterocycles. The molecule has 2 N–H and O–H groups in total. The number of nitrogens with one attached hydrogen (secondary N) is 2. The molecule has 0 spiro atoms. The molecule has 0 aliphatic rings. The Morgan fingerprint density at radius 3 is 1.64 bits per heavy atom. The van der Waals surface area contributed by atoms with Crippen LogP contribution in [0.25, 0.3) is 0 Å². The molecule has 6 nitrogen and oxygen atoms in total. The van der Waals surface area contributed by atoms with Crippen molar-refractivity contribution in [3.8, 4) is 0 Å². The van der Waals surface area contributed by atoms with Gasteiger partial charge in [0.15, 0.2) is 0 Å². The van der Waals surface area contributed by atoms with Gasteiger partial charge in [-0.05, 0) is 36.4 Å². The van der Waals surface area contributed by atoms with E-state index < -0.39 is 0 Å². The van der Waals surface area contributed by atoms with Crippen LogP contribution < -0.4 is 10.6 Å². The smallest absolute Gasteiger partial charge is 0.257 e. The Labute approximate surface area is 156 Å². The van der Waals surface area contributed by atoms with E-state index in [1.165, 1.54) is 0 Å². The highest BCUT2D eigenvalue weighted by Crippen LogP contribution is 2.22. The number of aromatic nitrogens is 2. The first-order chi connectivity index (χ1) is 12.0. The summed E-state index contributed by atoms with van der Waals surface area (Å²) in [5.41, 5.74) is 0.791. The van der Waals surface area contributed by atoms with Gasteiger partial charge in [-0.1, -0.05) is 46.7 Å². The van der Waals surface area contributed by atoms with Crippen LogP contribution in [0.1, 0.15) is 20.7 Å². The first-order valence-corrected chi connectivity index (χ1v) is 8.56. The number of amides is 2. The fraction of sp³-hybridized carbons (Fsp3) is 0. The molecule has 0 unspecified atom stereocenters. The fourth-order valence-corrected chi connectivity index (χ4v) is 2.94. The molecule has 1 heterocycles. The van der Waals surface area contributed by atoms with Crippen LogP contribution >= 0.6 is 34.5 Å². The zero-order valence-corrected chi connectivity index (χ0v) is 14.8. The molecule has 2 aromatic carbocycles. The van der Waals surface area contributed by atoms with Gasteiger partial charge < -0.3 is 0 Å². The second-order valence-corrected chi connectivity index (χ2v) is 6.69. The van der Waals surface area contributed by atoms with E-state index in [1.807, 2.05) is 0 Å². The minimum atomic E-state index is -0.369. The second-order valence-electron chi connectivity index (χ2n) is 4.84. The molecule has 9 heteroatoms. The van der Waals surface area contributed by atoms with E-state index >= 15 is 0 Å². The SMILES string of the molecule is O=C(Nc1nnc(NC(=O)c2cccc(Cl)c2)s1)c1cccc(Cl)c1. The summed E-state index contributed by atoms with van der Waals surface area (Å²) in [5.74, 6) is -0.738. The van der Waals surface area contributed by atoms with Crippen LogP contribution in [0.15, 0.2) is 48.5 Å². The van der Waals surface area contributed by atoms with E-state index in [4.69, 9.17) is 23.2 Å². The average molecular weight is 393 g/mol. The van der Waals surface area contributed by atoms with Crippen molar-refractivity contribution >= 4 is 56.6 Å². The van der Waals surface area contributed by atoms with E-state index in [9.17, 15) is 9.59 Å². The topological polar surface area (TPSA) is 84.0 Å². The van der Waals surface area contributed by atoms with Crippen molar-refractivity contribution < 1.29 is 9.59 Å². The van der Waals surface area contributed by atoms with Gasteiger partial charge in [0.1, 0.15) is 0 Å². The first kappa shape index (κ1) is 17.3. The third-order valence-corrected chi connectivity index (χ3v) is 4.26. The maximum atomic E-state index is 12.1. The molecular formula is C16H10Cl2N4O2S. The molecule has 126 valence electrons. The maximum absolute atomic E-state index is 12.1. The lowest BCUT2D eigenvalue weighted by molar-refractivity contribution is 0.101. The van der Waals surface area contributed by atoms with Crippen LogP contribution in [-0.4, -0.2) is 22.0 Å². The lowest BCUT2D eigenvalue weighted by Crippen LogP contribution is -2.11. The highest BCUT2D eigenvalue weighted by molar-refractivity contribution is 7.19. The summed E-state index contributed by atoms with van der Waals surface area (Å²) < 4.78 is 0. The van der Waals surface area contributed by atoms with Crippen LogP contribution in [0.2, 0.25) is 10.0 Å². The number of nitrogens with zero attached hydrogens (tertiary/aromatic N) is 2. The molecule has 0 aliphatic carbocycles. The normalized spacial score (nSPS) is 10.3. The van der Waals surface area contributed by atoms with E-state index in [-0.39, 0.29) is 22.1 Å². The van der Waals surface area contributed by atoms with Gasteiger partial charge in [0.25, 0.3) is 11.8 Å². The second kappa shape index (κ2) is 7.60. The Morgan fingerprint density at radius 1 is 0.800 bits per heavy atom. The van der Waals surface area contributed by atoms with Gasteiger partial charge in [-0.3, -0.25) is 20.2 Å². The highest BCUT2D eigenvalue weighted by Gasteiger charge is 2.13. The van der Waals surface area contributed by atoms with Gasteiger partial charge in [0, 0.05) is 21.2 Å². The zero-order chi connectivity index (χ0) is 17.8. The predicted octanol–water partition coefficient (Wildman–Crippen LogP) is 4.35. The van der Waals surface area contributed by atoms with Gasteiger partial charge in [-0.25, -0.2) is 0 Å². The minimum Gasteiger partial charge on any atom is -0.296 e. The number of hydrogen-bond acceptors (Lipinski definition) is 5. The molecule has 3 rings (SSSR count). The third kappa shape index (κ3) is 4.54. The number of carbonyl (C=O) groups is 2. The largest absolute Gasteiger partial charge is 0.296 e. The van der Waals surface area contributed by atoms with Gasteiger partial charge >= 0.3 is 0 Å². The Bertz CT molecular complexity index is 871. The number of halogens is 2. The van der Waals surface area contributed by atoms with Crippen molar-refractivity contribution in [2.24, 2.45) is 0 Å². The number of carbonyl (C=O) groups excluding carboxylic acids is 2. The summed E-state index contributed by atoms with van der Waals surface area (Å²) >= 11 is 12.8. The van der Waals surface area contributed by atoms with Crippen molar-refractivity contribution in [1.82, 2.24) is 10.2 Å². The number of anilines is 2. The lowest BCUT2D eigenvalue weighted by atomic mass is 10.2. The summed E-state index contributed by atoms with van der Waals surface area (Å²) in [6, 6.07) is 13.0. The molecule has 0 saturated heterocycles. The summed E-state index contributed by atoms with van der Waals surface area (Å²) in [5, 5.41) is 14.3. The van der Waals surface area contributed by atoms with E-state index in [1.54, 1.807) is 48.5 Å². The van der Waals surface area contributed by atoms with Crippen molar-refractivity contribution in [3.05, 3.63) is 69.7 Å². The lowest BCUT2D eigenvalue weighted by Gasteiger charge is -2.02. The Hall–Kier alpha value is -2.48. The predicted molar refractivity (Wildman–Crippen MR) is 98.7 cm³/mol. The molecular weight excluding hydrogens is 383 g/mol. The highest BCUT2D eigenvalue weighted by atomic mass is 35.5. The molecule has 3 aromatic rings. The molecule has 0 aliphatic heterocycles. The van der Waals surface area contributed by atoms with Gasteiger partial charge in [-0.2, -0.15) is 0 Å². The van der Waals surface area contributed by atoms with E-state index in [2.05, 4.69) is 20.8 Å². The monoisotopic (exact) mass is 392 g/mol. The number of rotatable bonds is 4. The molecule has 0 saturated carbocycles. The minimum absolute atomic E-state index is 0.256.